The fourth-order valence-corrected chi connectivity index (χ4v) is 3.51. The van der Waals surface area contributed by atoms with E-state index in [1.54, 1.807) is 0 Å². The number of thioether (sulfide) groups is 1. The average molecular weight is 297 g/mol. The highest BCUT2D eigenvalue weighted by atomic mass is 32.2. The predicted octanol–water partition coefficient (Wildman–Crippen LogP) is 2.98. The number of carboxylic acids is 1. The molecule has 1 aliphatic rings. The van der Waals surface area contributed by atoms with E-state index >= 15 is 0 Å². The molecule has 1 N–H and O–H groups in total. The molecule has 0 atom stereocenters. The van der Waals surface area contributed by atoms with E-state index in [4.69, 9.17) is 5.11 Å². The Morgan fingerprint density at radius 2 is 2.05 bits per heavy atom. The van der Waals surface area contributed by atoms with Gasteiger partial charge in [0.15, 0.2) is 5.16 Å². The molecule has 5 nitrogen and oxygen atoms in total. The summed E-state index contributed by atoms with van der Waals surface area (Å²) in [5.74, 6) is 1.78. The molecule has 1 aliphatic carbocycles. The van der Waals surface area contributed by atoms with Crippen molar-refractivity contribution in [2.45, 2.75) is 57.7 Å². The lowest BCUT2D eigenvalue weighted by Crippen LogP contribution is -2.15. The van der Waals surface area contributed by atoms with Crippen LogP contribution in [0.1, 0.15) is 44.9 Å². The number of carboxylic acid groups (broad SMARTS) is 1. The molecule has 6 heteroatoms. The monoisotopic (exact) mass is 297 g/mol. The van der Waals surface area contributed by atoms with Gasteiger partial charge in [-0.2, -0.15) is 0 Å². The molecule has 1 aromatic rings. The van der Waals surface area contributed by atoms with Gasteiger partial charge in [-0.1, -0.05) is 44.4 Å². The Bertz CT molecular complexity index is 453. The maximum absolute atomic E-state index is 10.6. The van der Waals surface area contributed by atoms with Gasteiger partial charge in [-0.05, 0) is 25.2 Å². The van der Waals surface area contributed by atoms with Gasteiger partial charge in [-0.15, -0.1) is 10.2 Å². The quantitative estimate of drug-likeness (QED) is 0.818. The minimum Gasteiger partial charge on any atom is -0.481 e. The summed E-state index contributed by atoms with van der Waals surface area (Å²) in [7, 11) is 0. The Labute approximate surface area is 124 Å². The highest BCUT2D eigenvalue weighted by Crippen LogP contribution is 2.31. The molecule has 0 unspecified atom stereocenters. The van der Waals surface area contributed by atoms with Gasteiger partial charge in [-0.25, -0.2) is 0 Å². The van der Waals surface area contributed by atoms with Crippen LogP contribution in [0, 0.1) is 18.8 Å². The van der Waals surface area contributed by atoms with Crippen LogP contribution in [-0.2, 0) is 11.3 Å². The molecule has 0 aliphatic heterocycles. The number of carbonyl (C=O) groups is 1. The molecular formula is C14H23N3O2S. The lowest BCUT2D eigenvalue weighted by Gasteiger charge is -2.26. The van der Waals surface area contributed by atoms with Gasteiger partial charge < -0.3 is 9.67 Å². The van der Waals surface area contributed by atoms with E-state index in [0.29, 0.717) is 0 Å². The lowest BCUT2D eigenvalue weighted by molar-refractivity contribution is -0.133. The van der Waals surface area contributed by atoms with Crippen molar-refractivity contribution in [2.75, 3.05) is 5.75 Å². The van der Waals surface area contributed by atoms with Crippen LogP contribution in [0.4, 0.5) is 0 Å². The summed E-state index contributed by atoms with van der Waals surface area (Å²) in [5, 5.41) is 17.6. The van der Waals surface area contributed by atoms with Crippen molar-refractivity contribution in [3.8, 4) is 0 Å². The average Bonchev–Trinajstić information content (AvgIpc) is 2.76. The Kier molecular flexibility index (Phi) is 5.46. The summed E-state index contributed by atoms with van der Waals surface area (Å²) in [6, 6.07) is 0. The predicted molar refractivity (Wildman–Crippen MR) is 78.9 cm³/mol. The van der Waals surface area contributed by atoms with E-state index in [1.165, 1.54) is 37.4 Å². The summed E-state index contributed by atoms with van der Waals surface area (Å²) in [6.07, 6.45) is 6.46. The summed E-state index contributed by atoms with van der Waals surface area (Å²) in [5.41, 5.74) is 0. The molecule has 0 radical (unpaired) electrons. The topological polar surface area (TPSA) is 68.0 Å². The molecule has 0 saturated heterocycles. The van der Waals surface area contributed by atoms with Crippen LogP contribution < -0.4 is 0 Å². The van der Waals surface area contributed by atoms with Crippen LogP contribution in [-0.4, -0.2) is 31.6 Å². The maximum atomic E-state index is 10.6. The first-order chi connectivity index (χ1) is 9.56. The number of aromatic nitrogens is 3. The second kappa shape index (κ2) is 7.11. The first kappa shape index (κ1) is 15.4. The van der Waals surface area contributed by atoms with Crippen LogP contribution in [0.15, 0.2) is 5.16 Å². The van der Waals surface area contributed by atoms with E-state index in [1.807, 2.05) is 6.92 Å². The number of hydrogen-bond acceptors (Lipinski definition) is 4. The lowest BCUT2D eigenvalue weighted by atomic mass is 9.81. The summed E-state index contributed by atoms with van der Waals surface area (Å²) < 4.78 is 2.06. The number of nitrogens with zero attached hydrogens (tertiary/aromatic N) is 3. The minimum atomic E-state index is -0.816. The van der Waals surface area contributed by atoms with E-state index in [-0.39, 0.29) is 5.75 Å². The normalized spacial score (nSPS) is 22.9. The fourth-order valence-electron chi connectivity index (χ4n) is 2.78. The zero-order valence-corrected chi connectivity index (χ0v) is 13.0. The molecule has 1 aromatic heterocycles. The molecule has 0 spiro atoms. The maximum Gasteiger partial charge on any atom is 0.313 e. The first-order valence-electron chi connectivity index (χ1n) is 7.30. The summed E-state index contributed by atoms with van der Waals surface area (Å²) in [6.45, 7) is 5.17. The second-order valence-corrected chi connectivity index (χ2v) is 6.72. The zero-order valence-electron chi connectivity index (χ0n) is 12.2. The summed E-state index contributed by atoms with van der Waals surface area (Å²) >= 11 is 1.25. The molecule has 1 fully saturated rings. The van der Waals surface area contributed by atoms with Gasteiger partial charge in [0.2, 0.25) is 0 Å². The third-order valence-electron chi connectivity index (χ3n) is 4.12. The number of rotatable bonds is 6. The summed E-state index contributed by atoms with van der Waals surface area (Å²) in [4.78, 5) is 10.6. The third-order valence-corrected chi connectivity index (χ3v) is 5.07. The molecule has 20 heavy (non-hydrogen) atoms. The van der Waals surface area contributed by atoms with Gasteiger partial charge in [0.25, 0.3) is 0 Å². The van der Waals surface area contributed by atoms with Crippen molar-refractivity contribution < 1.29 is 9.90 Å². The van der Waals surface area contributed by atoms with E-state index in [9.17, 15) is 4.79 Å². The van der Waals surface area contributed by atoms with Gasteiger partial charge in [0.1, 0.15) is 5.82 Å². The molecular weight excluding hydrogens is 274 g/mol. The second-order valence-electron chi connectivity index (χ2n) is 5.78. The SMILES string of the molecule is Cc1nnc(SCC(=O)O)n1CCC1CCC(C)CC1. The van der Waals surface area contributed by atoms with Crippen LogP contribution >= 0.6 is 11.8 Å². The standard InChI is InChI=1S/C14H23N3O2S/c1-10-3-5-12(6-4-10)7-8-17-11(2)15-16-14(17)20-9-13(18)19/h10,12H,3-9H2,1-2H3,(H,18,19). The smallest absolute Gasteiger partial charge is 0.313 e. The van der Waals surface area contributed by atoms with Gasteiger partial charge >= 0.3 is 5.97 Å². The van der Waals surface area contributed by atoms with E-state index in [0.717, 1.165) is 35.8 Å². The molecule has 1 heterocycles. The Hall–Kier alpha value is -1.04. The van der Waals surface area contributed by atoms with E-state index < -0.39 is 5.97 Å². The Balaban J connectivity index is 1.88. The van der Waals surface area contributed by atoms with Gasteiger partial charge in [0.05, 0.1) is 5.75 Å². The molecule has 112 valence electrons. The molecule has 0 aromatic carbocycles. The number of aryl methyl sites for hydroxylation is 1. The van der Waals surface area contributed by atoms with Crippen molar-refractivity contribution in [3.05, 3.63) is 5.82 Å². The van der Waals surface area contributed by atoms with Crippen molar-refractivity contribution in [2.24, 2.45) is 11.8 Å². The highest BCUT2D eigenvalue weighted by molar-refractivity contribution is 7.99. The molecule has 0 bridgehead atoms. The van der Waals surface area contributed by atoms with Crippen molar-refractivity contribution in [1.29, 1.82) is 0 Å². The molecule has 1 saturated carbocycles. The van der Waals surface area contributed by atoms with Crippen molar-refractivity contribution in [3.63, 3.8) is 0 Å². The highest BCUT2D eigenvalue weighted by Gasteiger charge is 2.19. The van der Waals surface area contributed by atoms with Crippen LogP contribution in [0.25, 0.3) is 0 Å². The van der Waals surface area contributed by atoms with Crippen molar-refractivity contribution >= 4 is 17.7 Å². The minimum absolute atomic E-state index is 0.0408. The number of aliphatic carboxylic acids is 1. The molecule has 2 rings (SSSR count). The van der Waals surface area contributed by atoms with Crippen LogP contribution in [0.3, 0.4) is 0 Å². The van der Waals surface area contributed by atoms with Gasteiger partial charge in [0, 0.05) is 6.54 Å². The van der Waals surface area contributed by atoms with Crippen LogP contribution in [0.2, 0.25) is 0 Å². The first-order valence-corrected chi connectivity index (χ1v) is 8.29. The molecule has 0 amide bonds. The van der Waals surface area contributed by atoms with Gasteiger partial charge in [-0.3, -0.25) is 4.79 Å². The van der Waals surface area contributed by atoms with Crippen LogP contribution in [0.5, 0.6) is 0 Å². The Morgan fingerprint density at radius 3 is 2.70 bits per heavy atom. The fraction of sp³-hybridized carbons (Fsp3) is 0.786. The van der Waals surface area contributed by atoms with Crippen molar-refractivity contribution in [1.82, 2.24) is 14.8 Å². The largest absolute Gasteiger partial charge is 0.481 e. The third kappa shape index (κ3) is 4.23. The Morgan fingerprint density at radius 1 is 1.35 bits per heavy atom. The zero-order chi connectivity index (χ0) is 14.5. The van der Waals surface area contributed by atoms with E-state index in [2.05, 4.69) is 21.7 Å². The number of hydrogen-bond donors (Lipinski definition) is 1.